The fourth-order valence-corrected chi connectivity index (χ4v) is 1.79. The summed E-state index contributed by atoms with van der Waals surface area (Å²) in [5, 5.41) is 12.6. The standard InChI is InChI=1S/C16H19F2NO3/c1-5-6-13(19-15(21)22-16(2,3)4)14(20)11-9-10(17)7-8-12(11)18/h1,7-9,13-14,20H,6H2,2-4H3,(H,19,21)/t13-,14+/m1/s1. The highest BCUT2D eigenvalue weighted by molar-refractivity contribution is 5.68. The lowest BCUT2D eigenvalue weighted by atomic mass is 9.99. The quantitative estimate of drug-likeness (QED) is 0.841. The molecule has 0 saturated heterocycles. The maximum atomic E-state index is 13.7. The summed E-state index contributed by atoms with van der Waals surface area (Å²) in [4.78, 5) is 11.8. The number of terminal acetylenes is 1. The van der Waals surface area contributed by atoms with Crippen LogP contribution in [0.2, 0.25) is 0 Å². The highest BCUT2D eigenvalue weighted by Crippen LogP contribution is 2.23. The Bertz CT molecular complexity index is 576. The van der Waals surface area contributed by atoms with Crippen LogP contribution in [-0.2, 0) is 4.74 Å². The minimum atomic E-state index is -1.50. The van der Waals surface area contributed by atoms with Crippen molar-refractivity contribution in [1.82, 2.24) is 5.32 Å². The summed E-state index contributed by atoms with van der Waals surface area (Å²) >= 11 is 0. The van der Waals surface area contributed by atoms with Gasteiger partial charge in [-0.25, -0.2) is 13.6 Å². The zero-order valence-corrected chi connectivity index (χ0v) is 12.7. The molecule has 0 saturated carbocycles. The lowest BCUT2D eigenvalue weighted by Crippen LogP contribution is -2.42. The number of carbonyl (C=O) groups is 1. The zero-order chi connectivity index (χ0) is 16.9. The second kappa shape index (κ2) is 7.23. The van der Waals surface area contributed by atoms with E-state index in [4.69, 9.17) is 11.2 Å². The summed E-state index contributed by atoms with van der Waals surface area (Å²) in [5.41, 5.74) is -1.02. The average Bonchev–Trinajstić information content (AvgIpc) is 2.38. The molecule has 2 atom stereocenters. The fourth-order valence-electron chi connectivity index (χ4n) is 1.79. The number of nitrogens with one attached hydrogen (secondary N) is 1. The maximum Gasteiger partial charge on any atom is 0.408 e. The number of aliphatic hydroxyl groups excluding tert-OH is 1. The molecule has 0 bridgehead atoms. The van der Waals surface area contributed by atoms with E-state index in [1.807, 2.05) is 0 Å². The molecule has 4 nitrogen and oxygen atoms in total. The van der Waals surface area contributed by atoms with Gasteiger partial charge < -0.3 is 15.2 Å². The Morgan fingerprint density at radius 3 is 2.64 bits per heavy atom. The van der Waals surface area contributed by atoms with Crippen molar-refractivity contribution in [1.29, 1.82) is 0 Å². The van der Waals surface area contributed by atoms with Gasteiger partial charge in [0.25, 0.3) is 0 Å². The normalized spacial score (nSPS) is 13.9. The first kappa shape index (κ1) is 17.9. The first-order valence-corrected chi connectivity index (χ1v) is 6.70. The lowest BCUT2D eigenvalue weighted by Gasteiger charge is -2.26. The van der Waals surface area contributed by atoms with Crippen molar-refractivity contribution in [3.8, 4) is 12.3 Å². The van der Waals surface area contributed by atoms with Gasteiger partial charge in [-0.15, -0.1) is 12.3 Å². The van der Waals surface area contributed by atoms with Crippen molar-refractivity contribution in [2.75, 3.05) is 0 Å². The van der Waals surface area contributed by atoms with Crippen molar-refractivity contribution in [2.24, 2.45) is 0 Å². The van der Waals surface area contributed by atoms with Crippen molar-refractivity contribution in [2.45, 2.75) is 44.9 Å². The number of benzene rings is 1. The molecular weight excluding hydrogens is 292 g/mol. The molecule has 0 unspecified atom stereocenters. The van der Waals surface area contributed by atoms with Gasteiger partial charge in [-0.2, -0.15) is 0 Å². The van der Waals surface area contributed by atoms with Crippen LogP contribution in [0.5, 0.6) is 0 Å². The van der Waals surface area contributed by atoms with Crippen molar-refractivity contribution in [3.05, 3.63) is 35.4 Å². The molecule has 0 aliphatic rings. The van der Waals surface area contributed by atoms with Crippen LogP contribution >= 0.6 is 0 Å². The molecule has 0 aliphatic heterocycles. The van der Waals surface area contributed by atoms with Gasteiger partial charge in [-0.3, -0.25) is 0 Å². The van der Waals surface area contributed by atoms with Gasteiger partial charge in [-0.1, -0.05) is 0 Å². The molecule has 1 aromatic carbocycles. The number of alkyl carbamates (subject to hydrolysis) is 1. The molecule has 0 fully saturated rings. The Kier molecular flexibility index (Phi) is 5.89. The summed E-state index contributed by atoms with van der Waals surface area (Å²) in [6, 6.07) is 1.69. The van der Waals surface area contributed by atoms with Crippen LogP contribution < -0.4 is 5.32 Å². The largest absolute Gasteiger partial charge is 0.444 e. The van der Waals surface area contributed by atoms with E-state index in [1.165, 1.54) is 0 Å². The third-order valence-electron chi connectivity index (χ3n) is 2.70. The van der Waals surface area contributed by atoms with Gasteiger partial charge in [0.15, 0.2) is 0 Å². The molecule has 0 aromatic heterocycles. The van der Waals surface area contributed by atoms with Gasteiger partial charge in [0.1, 0.15) is 23.3 Å². The zero-order valence-electron chi connectivity index (χ0n) is 12.7. The fraction of sp³-hybridized carbons (Fsp3) is 0.438. The monoisotopic (exact) mass is 311 g/mol. The lowest BCUT2D eigenvalue weighted by molar-refractivity contribution is 0.0421. The number of halogens is 2. The van der Waals surface area contributed by atoms with Crippen molar-refractivity contribution < 1.29 is 23.4 Å². The summed E-state index contributed by atoms with van der Waals surface area (Å²) in [7, 11) is 0. The van der Waals surface area contributed by atoms with Crippen LogP contribution in [0.4, 0.5) is 13.6 Å². The Morgan fingerprint density at radius 1 is 1.45 bits per heavy atom. The van der Waals surface area contributed by atoms with Crippen LogP contribution in [0, 0.1) is 24.0 Å². The molecule has 22 heavy (non-hydrogen) atoms. The summed E-state index contributed by atoms with van der Waals surface area (Å²) in [5.74, 6) is 0.783. The summed E-state index contributed by atoms with van der Waals surface area (Å²) in [6.45, 7) is 5.02. The Labute approximate surface area is 128 Å². The van der Waals surface area contributed by atoms with Gasteiger partial charge in [0.05, 0.1) is 6.04 Å². The smallest absolute Gasteiger partial charge is 0.408 e. The van der Waals surface area contributed by atoms with Crippen LogP contribution in [0.25, 0.3) is 0 Å². The van der Waals surface area contributed by atoms with Crippen LogP contribution in [-0.4, -0.2) is 22.8 Å². The molecule has 1 aromatic rings. The molecule has 1 amide bonds. The molecule has 120 valence electrons. The highest BCUT2D eigenvalue weighted by Gasteiger charge is 2.27. The van der Waals surface area contributed by atoms with Gasteiger partial charge in [-0.05, 0) is 39.0 Å². The number of hydrogen-bond donors (Lipinski definition) is 2. The van der Waals surface area contributed by atoms with Crippen molar-refractivity contribution in [3.63, 3.8) is 0 Å². The van der Waals surface area contributed by atoms with E-state index in [0.29, 0.717) is 0 Å². The third kappa shape index (κ3) is 5.34. The van der Waals surface area contributed by atoms with E-state index in [1.54, 1.807) is 20.8 Å². The molecular formula is C16H19F2NO3. The minimum absolute atomic E-state index is 0.0731. The molecule has 6 heteroatoms. The summed E-state index contributed by atoms with van der Waals surface area (Å²) in [6.07, 6.45) is 2.82. The predicted octanol–water partition coefficient (Wildman–Crippen LogP) is 2.91. The van der Waals surface area contributed by atoms with Crippen LogP contribution in [0.15, 0.2) is 18.2 Å². The number of rotatable bonds is 4. The SMILES string of the molecule is C#CC[C@@H](NC(=O)OC(C)(C)C)[C@@H](O)c1cc(F)ccc1F. The molecule has 0 radical (unpaired) electrons. The van der Waals surface area contributed by atoms with Crippen molar-refractivity contribution >= 4 is 6.09 Å². The van der Waals surface area contributed by atoms with E-state index in [-0.39, 0.29) is 12.0 Å². The van der Waals surface area contributed by atoms with E-state index in [0.717, 1.165) is 18.2 Å². The first-order valence-electron chi connectivity index (χ1n) is 6.70. The number of amides is 1. The van der Waals surface area contributed by atoms with Gasteiger partial charge in [0.2, 0.25) is 0 Å². The second-order valence-corrected chi connectivity index (χ2v) is 5.77. The number of aliphatic hydroxyl groups is 1. The number of carbonyl (C=O) groups excluding carboxylic acids is 1. The number of ether oxygens (including phenoxy) is 1. The maximum absolute atomic E-state index is 13.7. The van der Waals surface area contributed by atoms with Gasteiger partial charge >= 0.3 is 6.09 Å². The third-order valence-corrected chi connectivity index (χ3v) is 2.70. The highest BCUT2D eigenvalue weighted by atomic mass is 19.1. The first-order chi connectivity index (χ1) is 10.1. The Morgan fingerprint density at radius 2 is 2.09 bits per heavy atom. The molecule has 0 heterocycles. The Hall–Kier alpha value is -2.13. The van der Waals surface area contributed by atoms with Crippen LogP contribution in [0.1, 0.15) is 38.9 Å². The number of hydrogen-bond acceptors (Lipinski definition) is 3. The molecule has 2 N–H and O–H groups in total. The van der Waals surface area contributed by atoms with E-state index < -0.39 is 35.5 Å². The predicted molar refractivity (Wildman–Crippen MR) is 77.9 cm³/mol. The topological polar surface area (TPSA) is 58.6 Å². The minimum Gasteiger partial charge on any atom is -0.444 e. The van der Waals surface area contributed by atoms with Gasteiger partial charge in [0, 0.05) is 12.0 Å². The molecule has 0 spiro atoms. The van der Waals surface area contributed by atoms with Crippen LogP contribution in [0.3, 0.4) is 0 Å². The average molecular weight is 311 g/mol. The van der Waals surface area contributed by atoms with E-state index in [2.05, 4.69) is 11.2 Å². The van der Waals surface area contributed by atoms with E-state index in [9.17, 15) is 18.7 Å². The molecule has 0 aliphatic carbocycles. The summed E-state index contributed by atoms with van der Waals surface area (Å²) < 4.78 is 32.0. The second-order valence-electron chi connectivity index (χ2n) is 5.77. The van der Waals surface area contributed by atoms with E-state index >= 15 is 0 Å². The Balaban J connectivity index is 2.93. The molecule has 1 rings (SSSR count).